The highest BCUT2D eigenvalue weighted by Gasteiger charge is 2.79. The van der Waals surface area contributed by atoms with Crippen LogP contribution in [0.3, 0.4) is 0 Å². The first-order valence-corrected chi connectivity index (χ1v) is 9.44. The number of esters is 1. The molecule has 2 bridgehead atoms. The van der Waals surface area contributed by atoms with Crippen LogP contribution >= 0.6 is 0 Å². The van der Waals surface area contributed by atoms with Crippen LogP contribution in [-0.4, -0.2) is 47.3 Å². The molecule has 0 aromatic rings. The van der Waals surface area contributed by atoms with Crippen molar-refractivity contribution < 1.29 is 45.7 Å². The minimum absolute atomic E-state index is 0.144. The van der Waals surface area contributed by atoms with Gasteiger partial charge in [-0.3, -0.25) is 0 Å². The minimum atomic E-state index is -5.88. The van der Waals surface area contributed by atoms with Gasteiger partial charge in [-0.25, -0.2) is 4.79 Å². The van der Waals surface area contributed by atoms with Crippen molar-refractivity contribution in [1.29, 1.82) is 0 Å². The molecule has 0 saturated heterocycles. The molecule has 0 radical (unpaired) electrons. The van der Waals surface area contributed by atoms with Crippen LogP contribution in [-0.2, 0) is 14.3 Å². The van der Waals surface area contributed by atoms with Gasteiger partial charge in [-0.2, -0.15) is 26.3 Å². The smallest absolute Gasteiger partial charge is 0.426 e. The molecule has 3 aliphatic rings. The number of aliphatic hydroxyl groups excluding tert-OH is 1. The number of hydrogen-bond donors (Lipinski definition) is 1. The number of allylic oxidation sites excluding steroid dienone is 2. The van der Waals surface area contributed by atoms with E-state index in [2.05, 4.69) is 4.74 Å². The zero-order chi connectivity index (χ0) is 22.0. The Balaban J connectivity index is 1.93. The fraction of sp³-hybridized carbons (Fsp3) is 0.842. The zero-order valence-corrected chi connectivity index (χ0v) is 16.2. The van der Waals surface area contributed by atoms with Gasteiger partial charge >= 0.3 is 18.3 Å². The first-order chi connectivity index (χ1) is 13.1. The average molecular weight is 430 g/mol. The molecule has 0 aliphatic heterocycles. The molecule has 0 heterocycles. The van der Waals surface area contributed by atoms with Gasteiger partial charge < -0.3 is 14.6 Å². The molecule has 0 amide bonds. The number of alkyl halides is 6. The normalized spacial score (nSPS) is 34.6. The van der Waals surface area contributed by atoms with E-state index in [0.717, 1.165) is 0 Å². The third kappa shape index (κ3) is 3.66. The maximum Gasteiger partial charge on any atom is 0.426 e. The summed E-state index contributed by atoms with van der Waals surface area (Å²) in [6, 6.07) is 0. The molecule has 29 heavy (non-hydrogen) atoms. The highest BCUT2D eigenvalue weighted by molar-refractivity contribution is 5.71. The van der Waals surface area contributed by atoms with Crippen LogP contribution in [0.15, 0.2) is 12.2 Å². The number of carbonyl (C=O) groups excluding carboxylic acids is 1. The first-order valence-electron chi connectivity index (χ1n) is 9.44. The molecule has 1 N–H and O–H groups in total. The molecule has 6 atom stereocenters. The summed E-state index contributed by atoms with van der Waals surface area (Å²) >= 11 is 0. The van der Waals surface area contributed by atoms with Crippen LogP contribution in [0.25, 0.3) is 0 Å². The molecule has 3 aliphatic carbocycles. The van der Waals surface area contributed by atoms with Crippen LogP contribution < -0.4 is 0 Å². The van der Waals surface area contributed by atoms with E-state index in [4.69, 9.17) is 4.74 Å². The van der Waals surface area contributed by atoms with Crippen molar-refractivity contribution in [3.05, 3.63) is 12.2 Å². The van der Waals surface area contributed by atoms with Crippen LogP contribution in [0.2, 0.25) is 0 Å². The predicted octanol–water partition coefficient (Wildman–Crippen LogP) is 4.03. The van der Waals surface area contributed by atoms with E-state index < -0.39 is 66.4 Å². The molecule has 2 saturated carbocycles. The number of ether oxygens (including phenoxy) is 2. The van der Waals surface area contributed by atoms with Crippen molar-refractivity contribution in [2.45, 2.75) is 63.3 Å². The second kappa shape index (κ2) is 6.87. The van der Waals surface area contributed by atoms with E-state index >= 15 is 0 Å². The van der Waals surface area contributed by atoms with Crippen molar-refractivity contribution in [2.24, 2.45) is 29.6 Å². The van der Waals surface area contributed by atoms with Crippen LogP contribution in [0, 0.1) is 29.6 Å². The summed E-state index contributed by atoms with van der Waals surface area (Å²) in [6.07, 6.45) is -9.92. The van der Waals surface area contributed by atoms with Gasteiger partial charge in [0.05, 0.1) is 6.10 Å². The Labute approximate surface area is 164 Å². The lowest BCUT2D eigenvalue weighted by Gasteiger charge is -2.43. The first kappa shape index (κ1) is 22.4. The highest BCUT2D eigenvalue weighted by atomic mass is 19.4. The third-order valence-corrected chi connectivity index (χ3v) is 6.22. The topological polar surface area (TPSA) is 55.8 Å². The zero-order valence-electron chi connectivity index (χ0n) is 16.2. The predicted molar refractivity (Wildman–Crippen MR) is 88.5 cm³/mol. The van der Waals surface area contributed by atoms with Crippen molar-refractivity contribution in [3.63, 3.8) is 0 Å². The number of aliphatic hydroxyl groups is 1. The number of halogens is 6. The SMILES string of the molecule is CC(C)(C)OC(=O)COC(C1CC2C3C=CC(C3)C2C1O)(C(F)(F)F)C(F)(F)F. The fourth-order valence-corrected chi connectivity index (χ4v) is 5.30. The molecule has 0 aromatic carbocycles. The molecule has 6 unspecified atom stereocenters. The molecule has 0 aromatic heterocycles. The number of rotatable bonds is 4. The molecule has 3 rings (SSSR count). The quantitative estimate of drug-likeness (QED) is 0.416. The second-order valence-electron chi connectivity index (χ2n) is 9.13. The van der Waals surface area contributed by atoms with Crippen molar-refractivity contribution in [2.75, 3.05) is 6.61 Å². The Morgan fingerprint density at radius 2 is 1.55 bits per heavy atom. The van der Waals surface area contributed by atoms with E-state index in [0.29, 0.717) is 6.42 Å². The summed E-state index contributed by atoms with van der Waals surface area (Å²) in [7, 11) is 0. The van der Waals surface area contributed by atoms with E-state index in [1.807, 2.05) is 0 Å². The average Bonchev–Trinajstić information content (AvgIpc) is 3.17. The Bertz CT molecular complexity index is 664. The van der Waals surface area contributed by atoms with Crippen LogP contribution in [0.4, 0.5) is 26.3 Å². The molecule has 166 valence electrons. The lowest BCUT2D eigenvalue weighted by Crippen LogP contribution is -2.65. The summed E-state index contributed by atoms with van der Waals surface area (Å²) in [4.78, 5) is 11.8. The van der Waals surface area contributed by atoms with Gasteiger partial charge in [-0.15, -0.1) is 0 Å². The van der Waals surface area contributed by atoms with Gasteiger partial charge in [0.1, 0.15) is 12.2 Å². The Kier molecular flexibility index (Phi) is 5.30. The number of fused-ring (bicyclic) bond motifs is 5. The summed E-state index contributed by atoms with van der Waals surface area (Å²) < 4.78 is 92.8. The molecule has 0 spiro atoms. The van der Waals surface area contributed by atoms with Gasteiger partial charge in [-0.1, -0.05) is 12.2 Å². The van der Waals surface area contributed by atoms with E-state index in [1.54, 1.807) is 12.2 Å². The Morgan fingerprint density at radius 3 is 2.03 bits per heavy atom. The Morgan fingerprint density at radius 1 is 1.00 bits per heavy atom. The van der Waals surface area contributed by atoms with Gasteiger partial charge in [0.25, 0.3) is 5.60 Å². The highest BCUT2D eigenvalue weighted by Crippen LogP contribution is 2.63. The largest absolute Gasteiger partial charge is 0.458 e. The summed E-state index contributed by atoms with van der Waals surface area (Å²) in [5.41, 5.74) is -5.76. The standard InChI is InChI=1S/C19H24F6O4/c1-16(2,3)29-13(26)8-28-17(18(20,21)22,19(23,24)25)12-7-11-9-4-5-10(6-9)14(11)15(12)27/h4-5,9-12,14-15,27H,6-8H2,1-3H3. The lowest BCUT2D eigenvalue weighted by atomic mass is 9.79. The van der Waals surface area contributed by atoms with Gasteiger partial charge in [0.2, 0.25) is 0 Å². The van der Waals surface area contributed by atoms with Gasteiger partial charge in [-0.05, 0) is 57.3 Å². The monoisotopic (exact) mass is 430 g/mol. The summed E-state index contributed by atoms with van der Waals surface area (Å²) in [5, 5.41) is 10.6. The van der Waals surface area contributed by atoms with Crippen molar-refractivity contribution in [1.82, 2.24) is 0 Å². The van der Waals surface area contributed by atoms with Gasteiger partial charge in [0.15, 0.2) is 0 Å². The maximum atomic E-state index is 13.9. The molecule has 2 fully saturated rings. The van der Waals surface area contributed by atoms with Crippen molar-refractivity contribution in [3.8, 4) is 0 Å². The van der Waals surface area contributed by atoms with E-state index in [-0.39, 0.29) is 11.8 Å². The van der Waals surface area contributed by atoms with Gasteiger partial charge in [0, 0.05) is 5.92 Å². The molecular weight excluding hydrogens is 406 g/mol. The molecule has 10 heteroatoms. The van der Waals surface area contributed by atoms with E-state index in [9.17, 15) is 36.2 Å². The fourth-order valence-electron chi connectivity index (χ4n) is 5.30. The second-order valence-corrected chi connectivity index (χ2v) is 9.13. The molecular formula is C19H24F6O4. The van der Waals surface area contributed by atoms with Crippen LogP contribution in [0.5, 0.6) is 0 Å². The number of hydrogen-bond acceptors (Lipinski definition) is 4. The van der Waals surface area contributed by atoms with Crippen LogP contribution in [0.1, 0.15) is 33.6 Å². The molecule has 4 nitrogen and oxygen atoms in total. The lowest BCUT2D eigenvalue weighted by molar-refractivity contribution is -0.401. The van der Waals surface area contributed by atoms with E-state index in [1.165, 1.54) is 20.8 Å². The Hall–Kier alpha value is -1.29. The summed E-state index contributed by atoms with van der Waals surface area (Å²) in [5.74, 6) is -5.14. The third-order valence-electron chi connectivity index (χ3n) is 6.22. The summed E-state index contributed by atoms with van der Waals surface area (Å²) in [6.45, 7) is 2.75. The minimum Gasteiger partial charge on any atom is -0.458 e. The number of carbonyl (C=O) groups is 1. The van der Waals surface area contributed by atoms with Crippen molar-refractivity contribution >= 4 is 5.97 Å². The maximum absolute atomic E-state index is 13.9.